The highest BCUT2D eigenvalue weighted by Gasteiger charge is 2.09. The van der Waals surface area contributed by atoms with Gasteiger partial charge in [0.15, 0.2) is 5.65 Å². The molecule has 14 heavy (non-hydrogen) atoms. The van der Waals surface area contributed by atoms with Crippen LogP contribution in [0.1, 0.15) is 26.3 Å². The fourth-order valence-electron chi connectivity index (χ4n) is 1.33. The van der Waals surface area contributed by atoms with E-state index in [1.165, 1.54) is 0 Å². The molecule has 74 valence electrons. The van der Waals surface area contributed by atoms with Gasteiger partial charge in [-0.2, -0.15) is 4.98 Å². The Morgan fingerprint density at radius 2 is 2.29 bits per heavy atom. The first-order valence-electron chi connectivity index (χ1n) is 4.57. The van der Waals surface area contributed by atoms with Crippen LogP contribution in [0.2, 0.25) is 5.28 Å². The molecule has 0 N–H and O–H groups in total. The SMILES string of the molecule is CCC(C)n1cnc2cnc(Cl)nc21. The van der Waals surface area contributed by atoms with Crippen molar-refractivity contribution < 1.29 is 0 Å². The van der Waals surface area contributed by atoms with Crippen LogP contribution in [0.25, 0.3) is 11.2 Å². The first-order chi connectivity index (χ1) is 6.72. The minimum absolute atomic E-state index is 0.266. The van der Waals surface area contributed by atoms with Gasteiger partial charge in [0.1, 0.15) is 5.52 Å². The van der Waals surface area contributed by atoms with Gasteiger partial charge in [-0.25, -0.2) is 9.97 Å². The lowest BCUT2D eigenvalue weighted by molar-refractivity contribution is 0.541. The molecule has 1 unspecified atom stereocenters. The monoisotopic (exact) mass is 210 g/mol. The summed E-state index contributed by atoms with van der Waals surface area (Å²) in [5.74, 6) is 0. The molecule has 0 aromatic carbocycles. The van der Waals surface area contributed by atoms with Gasteiger partial charge in [0.25, 0.3) is 0 Å². The highest BCUT2D eigenvalue weighted by molar-refractivity contribution is 6.28. The summed E-state index contributed by atoms with van der Waals surface area (Å²) < 4.78 is 2.02. The average Bonchev–Trinajstić information content (AvgIpc) is 2.59. The first-order valence-corrected chi connectivity index (χ1v) is 4.95. The second kappa shape index (κ2) is 3.53. The minimum atomic E-state index is 0.266. The highest BCUT2D eigenvalue weighted by atomic mass is 35.5. The number of rotatable bonds is 2. The summed E-state index contributed by atoms with van der Waals surface area (Å²) in [5.41, 5.74) is 1.59. The summed E-state index contributed by atoms with van der Waals surface area (Å²) in [6.07, 6.45) is 4.46. The molecule has 0 radical (unpaired) electrons. The first kappa shape index (κ1) is 9.40. The Morgan fingerprint density at radius 1 is 1.50 bits per heavy atom. The van der Waals surface area contributed by atoms with E-state index in [4.69, 9.17) is 11.6 Å². The zero-order chi connectivity index (χ0) is 10.1. The van der Waals surface area contributed by atoms with Crippen molar-refractivity contribution in [3.8, 4) is 0 Å². The maximum Gasteiger partial charge on any atom is 0.224 e. The summed E-state index contributed by atoms with van der Waals surface area (Å²) in [5, 5.41) is 0.266. The third-order valence-corrected chi connectivity index (χ3v) is 2.53. The number of hydrogen-bond acceptors (Lipinski definition) is 3. The zero-order valence-corrected chi connectivity index (χ0v) is 8.86. The van der Waals surface area contributed by atoms with Crippen LogP contribution in [0.4, 0.5) is 0 Å². The Labute approximate surface area is 87.0 Å². The van der Waals surface area contributed by atoms with E-state index in [9.17, 15) is 0 Å². The molecule has 0 aliphatic heterocycles. The van der Waals surface area contributed by atoms with E-state index in [-0.39, 0.29) is 5.28 Å². The van der Waals surface area contributed by atoms with Crippen molar-refractivity contribution in [1.82, 2.24) is 19.5 Å². The van der Waals surface area contributed by atoms with E-state index in [0.29, 0.717) is 6.04 Å². The maximum absolute atomic E-state index is 5.73. The van der Waals surface area contributed by atoms with Gasteiger partial charge in [0.05, 0.1) is 12.5 Å². The predicted octanol–water partition coefficient (Wildman–Crippen LogP) is 2.45. The van der Waals surface area contributed by atoms with E-state index in [2.05, 4.69) is 28.8 Å². The van der Waals surface area contributed by atoms with Crippen LogP contribution in [-0.4, -0.2) is 19.5 Å². The number of halogens is 1. The Bertz CT molecular complexity index is 451. The van der Waals surface area contributed by atoms with Gasteiger partial charge in [0.2, 0.25) is 5.28 Å². The van der Waals surface area contributed by atoms with Gasteiger partial charge in [-0.05, 0) is 24.9 Å². The van der Waals surface area contributed by atoms with Crippen LogP contribution in [0.15, 0.2) is 12.5 Å². The molecule has 2 rings (SSSR count). The molecule has 2 aromatic heterocycles. The lowest BCUT2D eigenvalue weighted by atomic mass is 10.2. The predicted molar refractivity (Wildman–Crippen MR) is 55.3 cm³/mol. The molecule has 5 heteroatoms. The molecule has 0 aliphatic carbocycles. The molecule has 0 fully saturated rings. The molecule has 2 aromatic rings. The Morgan fingerprint density at radius 3 is 3.00 bits per heavy atom. The molecule has 0 amide bonds. The number of nitrogens with zero attached hydrogens (tertiary/aromatic N) is 4. The quantitative estimate of drug-likeness (QED) is 0.716. The van der Waals surface area contributed by atoms with Crippen LogP contribution in [0.3, 0.4) is 0 Å². The largest absolute Gasteiger partial charge is 0.312 e. The molecular weight excluding hydrogens is 200 g/mol. The van der Waals surface area contributed by atoms with Crippen molar-refractivity contribution in [2.45, 2.75) is 26.3 Å². The van der Waals surface area contributed by atoms with Crippen LogP contribution in [-0.2, 0) is 0 Å². The Kier molecular flexibility index (Phi) is 2.37. The zero-order valence-electron chi connectivity index (χ0n) is 8.11. The molecule has 1 atom stereocenters. The van der Waals surface area contributed by atoms with Crippen molar-refractivity contribution in [3.63, 3.8) is 0 Å². The third kappa shape index (κ3) is 1.46. The van der Waals surface area contributed by atoms with Crippen molar-refractivity contribution >= 4 is 22.8 Å². The lowest BCUT2D eigenvalue weighted by Crippen LogP contribution is -2.03. The summed E-state index contributed by atoms with van der Waals surface area (Å²) in [6, 6.07) is 0.381. The topological polar surface area (TPSA) is 43.6 Å². The summed E-state index contributed by atoms with van der Waals surface area (Å²) in [6.45, 7) is 4.25. The van der Waals surface area contributed by atoms with Crippen molar-refractivity contribution in [1.29, 1.82) is 0 Å². The van der Waals surface area contributed by atoms with Crippen LogP contribution in [0, 0.1) is 0 Å². The van der Waals surface area contributed by atoms with E-state index in [0.717, 1.165) is 17.6 Å². The molecule has 0 aliphatic rings. The van der Waals surface area contributed by atoms with Gasteiger partial charge in [0, 0.05) is 6.04 Å². The second-order valence-electron chi connectivity index (χ2n) is 3.26. The molecule has 0 saturated carbocycles. The van der Waals surface area contributed by atoms with E-state index in [1.807, 2.05) is 4.57 Å². The maximum atomic E-state index is 5.73. The summed E-state index contributed by atoms with van der Waals surface area (Å²) in [4.78, 5) is 12.3. The Hall–Kier alpha value is -1.16. The van der Waals surface area contributed by atoms with Crippen molar-refractivity contribution in [2.24, 2.45) is 0 Å². The van der Waals surface area contributed by atoms with E-state index in [1.54, 1.807) is 12.5 Å². The molecule has 4 nitrogen and oxygen atoms in total. The molecule has 0 bridgehead atoms. The van der Waals surface area contributed by atoms with Crippen LogP contribution < -0.4 is 0 Å². The number of hydrogen-bond donors (Lipinski definition) is 0. The van der Waals surface area contributed by atoms with Gasteiger partial charge < -0.3 is 4.57 Å². The second-order valence-corrected chi connectivity index (χ2v) is 3.60. The molecular formula is C9H11ClN4. The summed E-state index contributed by atoms with van der Waals surface area (Å²) >= 11 is 5.73. The van der Waals surface area contributed by atoms with Crippen molar-refractivity contribution in [2.75, 3.05) is 0 Å². The molecule has 0 saturated heterocycles. The third-order valence-electron chi connectivity index (χ3n) is 2.35. The number of aromatic nitrogens is 4. The fraction of sp³-hybridized carbons (Fsp3) is 0.444. The van der Waals surface area contributed by atoms with Crippen molar-refractivity contribution in [3.05, 3.63) is 17.8 Å². The molecule has 2 heterocycles. The number of imidazole rings is 1. The normalized spacial score (nSPS) is 13.4. The number of fused-ring (bicyclic) bond motifs is 1. The minimum Gasteiger partial charge on any atom is -0.312 e. The molecule has 0 spiro atoms. The van der Waals surface area contributed by atoms with Crippen LogP contribution >= 0.6 is 11.6 Å². The Balaban J connectivity index is 2.61. The van der Waals surface area contributed by atoms with Gasteiger partial charge in [-0.15, -0.1) is 0 Å². The standard InChI is InChI=1S/C9H11ClN4/c1-3-6(2)14-5-12-7-4-11-9(10)13-8(7)14/h4-6H,3H2,1-2H3. The van der Waals surface area contributed by atoms with Crippen LogP contribution in [0.5, 0.6) is 0 Å². The van der Waals surface area contributed by atoms with E-state index >= 15 is 0 Å². The van der Waals surface area contributed by atoms with Gasteiger partial charge in [-0.3, -0.25) is 0 Å². The highest BCUT2D eigenvalue weighted by Crippen LogP contribution is 2.18. The van der Waals surface area contributed by atoms with E-state index < -0.39 is 0 Å². The van der Waals surface area contributed by atoms with Gasteiger partial charge in [-0.1, -0.05) is 6.92 Å². The lowest BCUT2D eigenvalue weighted by Gasteiger charge is -2.10. The fourth-order valence-corrected chi connectivity index (χ4v) is 1.45. The average molecular weight is 211 g/mol. The summed E-state index contributed by atoms with van der Waals surface area (Å²) in [7, 11) is 0. The van der Waals surface area contributed by atoms with Gasteiger partial charge >= 0.3 is 0 Å². The smallest absolute Gasteiger partial charge is 0.224 e.